The van der Waals surface area contributed by atoms with E-state index in [0.717, 1.165) is 24.5 Å². The molecule has 0 heterocycles. The van der Waals surface area contributed by atoms with Crippen molar-refractivity contribution in [3.63, 3.8) is 0 Å². The lowest BCUT2D eigenvalue weighted by atomic mass is 10.1. The van der Waals surface area contributed by atoms with Crippen LogP contribution in [0.15, 0.2) is 30.3 Å². The Labute approximate surface area is 96.6 Å². The molecule has 1 aliphatic carbocycles. The smallest absolute Gasteiger partial charge is 0.136 e. The van der Waals surface area contributed by atoms with Gasteiger partial charge in [-0.05, 0) is 24.5 Å². The van der Waals surface area contributed by atoms with Gasteiger partial charge in [0.05, 0.1) is 6.61 Å². The van der Waals surface area contributed by atoms with Crippen LogP contribution in [0.25, 0.3) is 0 Å². The number of Topliss-reactive ketones (excluding diaryl/α,β-unsaturated/α-hetero) is 1. The minimum Gasteiger partial charge on any atom is -0.493 e. The largest absolute Gasteiger partial charge is 0.493 e. The van der Waals surface area contributed by atoms with E-state index in [0.29, 0.717) is 18.8 Å². The van der Waals surface area contributed by atoms with Gasteiger partial charge < -0.3 is 4.74 Å². The number of ketones is 1. The first-order chi connectivity index (χ1) is 7.84. The van der Waals surface area contributed by atoms with Gasteiger partial charge in [-0.25, -0.2) is 0 Å². The number of benzene rings is 1. The maximum absolute atomic E-state index is 11.5. The summed E-state index contributed by atoms with van der Waals surface area (Å²) in [6, 6.07) is 9.64. The van der Waals surface area contributed by atoms with E-state index in [1.807, 2.05) is 30.3 Å². The molecule has 0 saturated heterocycles. The Kier molecular flexibility index (Phi) is 3.97. The van der Waals surface area contributed by atoms with Gasteiger partial charge in [-0.3, -0.25) is 4.79 Å². The molecule has 0 spiro atoms. The molecule has 0 atom stereocenters. The molecule has 0 aromatic heterocycles. The number of rotatable bonds is 7. The van der Waals surface area contributed by atoms with E-state index in [1.165, 1.54) is 12.8 Å². The summed E-state index contributed by atoms with van der Waals surface area (Å²) in [7, 11) is 0. The van der Waals surface area contributed by atoms with Crippen LogP contribution in [0.5, 0.6) is 5.75 Å². The summed E-state index contributed by atoms with van der Waals surface area (Å²) in [5.74, 6) is 2.03. The lowest BCUT2D eigenvalue weighted by Gasteiger charge is -2.04. The molecule has 86 valence electrons. The molecule has 0 amide bonds. The molecule has 1 aromatic rings. The third-order valence-electron chi connectivity index (χ3n) is 2.92. The van der Waals surface area contributed by atoms with Crippen molar-refractivity contribution < 1.29 is 9.53 Å². The zero-order valence-corrected chi connectivity index (χ0v) is 9.52. The lowest BCUT2D eigenvalue weighted by Crippen LogP contribution is -2.06. The number of hydrogen-bond acceptors (Lipinski definition) is 2. The predicted molar refractivity (Wildman–Crippen MR) is 63.5 cm³/mol. The van der Waals surface area contributed by atoms with Gasteiger partial charge >= 0.3 is 0 Å². The molecule has 0 N–H and O–H groups in total. The molecule has 1 saturated carbocycles. The molecule has 2 nitrogen and oxygen atoms in total. The Morgan fingerprint density at radius 1 is 1.19 bits per heavy atom. The predicted octanol–water partition coefficient (Wildman–Crippen LogP) is 3.21. The van der Waals surface area contributed by atoms with E-state index in [2.05, 4.69) is 0 Å². The van der Waals surface area contributed by atoms with Gasteiger partial charge in [0.15, 0.2) is 0 Å². The second-order valence-electron chi connectivity index (χ2n) is 4.43. The molecule has 0 bridgehead atoms. The van der Waals surface area contributed by atoms with Crippen molar-refractivity contribution in [2.24, 2.45) is 5.92 Å². The first-order valence-electron chi connectivity index (χ1n) is 6.04. The van der Waals surface area contributed by atoms with Gasteiger partial charge in [-0.1, -0.05) is 31.0 Å². The third-order valence-corrected chi connectivity index (χ3v) is 2.92. The number of carbonyl (C=O) groups excluding carboxylic acids is 1. The molecular weight excluding hydrogens is 200 g/mol. The SMILES string of the molecule is O=C(CCOc1ccccc1)CCC1CC1. The number of carbonyl (C=O) groups is 1. The minimum atomic E-state index is 0.336. The molecule has 2 heteroatoms. The number of ether oxygens (including phenoxy) is 1. The summed E-state index contributed by atoms with van der Waals surface area (Å²) in [5.41, 5.74) is 0. The monoisotopic (exact) mass is 218 g/mol. The van der Waals surface area contributed by atoms with Crippen molar-refractivity contribution in [2.45, 2.75) is 32.1 Å². The normalized spacial score (nSPS) is 14.8. The van der Waals surface area contributed by atoms with E-state index in [9.17, 15) is 4.79 Å². The van der Waals surface area contributed by atoms with E-state index in [1.54, 1.807) is 0 Å². The Hall–Kier alpha value is -1.31. The van der Waals surface area contributed by atoms with Crippen molar-refractivity contribution in [2.75, 3.05) is 6.61 Å². The lowest BCUT2D eigenvalue weighted by molar-refractivity contribution is -0.119. The van der Waals surface area contributed by atoms with Crippen LogP contribution < -0.4 is 4.74 Å². The molecule has 1 aliphatic rings. The van der Waals surface area contributed by atoms with Crippen LogP contribution in [0.1, 0.15) is 32.1 Å². The standard InChI is InChI=1S/C14H18O2/c15-13(9-8-12-6-7-12)10-11-16-14-4-2-1-3-5-14/h1-5,12H,6-11H2. The van der Waals surface area contributed by atoms with Gasteiger partial charge in [0.25, 0.3) is 0 Å². The quantitative estimate of drug-likeness (QED) is 0.702. The van der Waals surface area contributed by atoms with Crippen LogP contribution in [0.3, 0.4) is 0 Å². The molecule has 0 radical (unpaired) electrons. The first-order valence-corrected chi connectivity index (χ1v) is 6.04. The fourth-order valence-corrected chi connectivity index (χ4v) is 1.70. The molecular formula is C14H18O2. The van der Waals surface area contributed by atoms with Gasteiger partial charge in [-0.15, -0.1) is 0 Å². The van der Waals surface area contributed by atoms with Crippen LogP contribution in [-0.4, -0.2) is 12.4 Å². The molecule has 2 rings (SSSR count). The van der Waals surface area contributed by atoms with Gasteiger partial charge in [0, 0.05) is 12.8 Å². The highest BCUT2D eigenvalue weighted by Gasteiger charge is 2.21. The van der Waals surface area contributed by atoms with Crippen molar-refractivity contribution in [1.82, 2.24) is 0 Å². The third kappa shape index (κ3) is 4.05. The average Bonchev–Trinajstić information content (AvgIpc) is 3.12. The second-order valence-corrected chi connectivity index (χ2v) is 4.43. The minimum absolute atomic E-state index is 0.336. The first kappa shape index (κ1) is 11.2. The van der Waals surface area contributed by atoms with Crippen LogP contribution in [0.4, 0.5) is 0 Å². The maximum atomic E-state index is 11.5. The highest BCUT2D eigenvalue weighted by Crippen LogP contribution is 2.33. The molecule has 16 heavy (non-hydrogen) atoms. The van der Waals surface area contributed by atoms with Gasteiger partial charge in [-0.2, -0.15) is 0 Å². The van der Waals surface area contributed by atoms with Crippen molar-refractivity contribution in [1.29, 1.82) is 0 Å². The van der Waals surface area contributed by atoms with Crippen LogP contribution >= 0.6 is 0 Å². The maximum Gasteiger partial charge on any atom is 0.136 e. The summed E-state index contributed by atoms with van der Waals surface area (Å²) in [6.45, 7) is 0.507. The van der Waals surface area contributed by atoms with Gasteiger partial charge in [0.2, 0.25) is 0 Å². The summed E-state index contributed by atoms with van der Waals surface area (Å²) < 4.78 is 5.48. The summed E-state index contributed by atoms with van der Waals surface area (Å²) in [5, 5.41) is 0. The van der Waals surface area contributed by atoms with Crippen molar-refractivity contribution in [3.8, 4) is 5.75 Å². The Bertz CT molecular complexity index is 328. The zero-order valence-electron chi connectivity index (χ0n) is 9.52. The highest BCUT2D eigenvalue weighted by atomic mass is 16.5. The summed E-state index contributed by atoms with van der Waals surface area (Å²) in [6.07, 6.45) is 5.02. The van der Waals surface area contributed by atoms with Crippen LogP contribution in [0, 0.1) is 5.92 Å². The fourth-order valence-electron chi connectivity index (χ4n) is 1.70. The molecule has 1 fully saturated rings. The summed E-state index contributed by atoms with van der Waals surface area (Å²) >= 11 is 0. The van der Waals surface area contributed by atoms with Gasteiger partial charge in [0.1, 0.15) is 11.5 Å². The fraction of sp³-hybridized carbons (Fsp3) is 0.500. The number of para-hydroxylation sites is 1. The van der Waals surface area contributed by atoms with Crippen molar-refractivity contribution >= 4 is 5.78 Å². The molecule has 0 unspecified atom stereocenters. The summed E-state index contributed by atoms with van der Waals surface area (Å²) in [4.78, 5) is 11.5. The Balaban J connectivity index is 1.58. The van der Waals surface area contributed by atoms with E-state index < -0.39 is 0 Å². The molecule has 0 aliphatic heterocycles. The molecule has 1 aromatic carbocycles. The zero-order chi connectivity index (χ0) is 11.2. The number of hydrogen-bond donors (Lipinski definition) is 0. The Morgan fingerprint density at radius 2 is 1.94 bits per heavy atom. The highest BCUT2D eigenvalue weighted by molar-refractivity contribution is 5.78. The average molecular weight is 218 g/mol. The van der Waals surface area contributed by atoms with E-state index in [4.69, 9.17) is 4.74 Å². The van der Waals surface area contributed by atoms with Crippen LogP contribution in [0.2, 0.25) is 0 Å². The topological polar surface area (TPSA) is 26.3 Å². The van der Waals surface area contributed by atoms with Crippen LogP contribution in [-0.2, 0) is 4.79 Å². The van der Waals surface area contributed by atoms with E-state index in [-0.39, 0.29) is 0 Å². The second kappa shape index (κ2) is 5.69. The Morgan fingerprint density at radius 3 is 2.62 bits per heavy atom. The van der Waals surface area contributed by atoms with E-state index >= 15 is 0 Å². The van der Waals surface area contributed by atoms with Crippen molar-refractivity contribution in [3.05, 3.63) is 30.3 Å².